The topological polar surface area (TPSA) is 26.3 Å². The molecule has 0 bridgehead atoms. The molecule has 0 aliphatic rings. The summed E-state index contributed by atoms with van der Waals surface area (Å²) in [6, 6.07) is 0. The van der Waals surface area contributed by atoms with Crippen LogP contribution in [0.3, 0.4) is 0 Å². The van der Waals surface area contributed by atoms with Gasteiger partial charge in [0.2, 0.25) is 0 Å². The van der Waals surface area contributed by atoms with E-state index in [4.69, 9.17) is 0 Å². The zero-order chi connectivity index (χ0) is 19.1. The van der Waals surface area contributed by atoms with Crippen molar-refractivity contribution in [2.45, 2.75) is 36.8 Å². The normalized spacial score (nSPS) is 14.6. The Kier molecular flexibility index (Phi) is 5.42. The summed E-state index contributed by atoms with van der Waals surface area (Å²) < 4.78 is 143. The highest BCUT2D eigenvalue weighted by atomic mass is 19.4. The molecule has 0 rings (SSSR count). The van der Waals surface area contributed by atoms with E-state index >= 15 is 0 Å². The maximum absolute atomic E-state index is 13.3. The van der Waals surface area contributed by atoms with Crippen LogP contribution >= 0.6 is 0 Å². The minimum Gasteiger partial charge on any atom is -0.462 e. The number of alkyl halides is 11. The first-order valence-corrected chi connectivity index (χ1v) is 5.34. The molecule has 2 nitrogen and oxygen atoms in total. The van der Waals surface area contributed by atoms with Gasteiger partial charge in [-0.3, -0.25) is 0 Å². The van der Waals surface area contributed by atoms with Gasteiger partial charge in [0.25, 0.3) is 0 Å². The van der Waals surface area contributed by atoms with Gasteiger partial charge in [0.05, 0.1) is 6.61 Å². The molecule has 136 valence electrons. The second kappa shape index (κ2) is 5.82. The molecule has 13 heteroatoms. The van der Waals surface area contributed by atoms with Crippen molar-refractivity contribution in [3.8, 4) is 0 Å². The monoisotopic (exact) mass is 368 g/mol. The predicted molar refractivity (Wildman–Crippen MR) is 51.6 cm³/mol. The van der Waals surface area contributed by atoms with Crippen molar-refractivity contribution in [2.24, 2.45) is 0 Å². The zero-order valence-corrected chi connectivity index (χ0v) is 10.9. The van der Waals surface area contributed by atoms with Gasteiger partial charge in [-0.2, -0.15) is 43.9 Å². The van der Waals surface area contributed by atoms with Crippen LogP contribution in [0.1, 0.15) is 6.92 Å². The Bertz CT molecular complexity index is 460. The molecule has 0 aliphatic carbocycles. The van der Waals surface area contributed by atoms with Crippen molar-refractivity contribution in [1.82, 2.24) is 0 Å². The van der Waals surface area contributed by atoms with E-state index in [2.05, 4.69) is 4.74 Å². The first-order valence-electron chi connectivity index (χ1n) is 5.34. The number of esters is 1. The lowest BCUT2D eigenvalue weighted by Crippen LogP contribution is -2.70. The minimum atomic E-state index is -7.63. The molecule has 0 fully saturated rings. The summed E-state index contributed by atoms with van der Waals surface area (Å²) in [5.74, 6) is -16.4. The Labute approximate surface area is 120 Å². The molecule has 0 saturated heterocycles. The summed E-state index contributed by atoms with van der Waals surface area (Å²) >= 11 is 0. The summed E-state index contributed by atoms with van der Waals surface area (Å²) in [7, 11) is 0. The zero-order valence-electron chi connectivity index (χ0n) is 10.9. The predicted octanol–water partition coefficient (Wildman–Crippen LogP) is 4.21. The quantitative estimate of drug-likeness (QED) is 0.413. The van der Waals surface area contributed by atoms with Gasteiger partial charge >= 0.3 is 35.8 Å². The summed E-state index contributed by atoms with van der Waals surface area (Å²) in [5.41, 5.74) is -10.4. The Morgan fingerprint density at radius 2 is 1.22 bits per heavy atom. The van der Waals surface area contributed by atoms with Crippen LogP contribution in [0.25, 0.3) is 0 Å². The molecule has 0 radical (unpaired) electrons. The molecule has 0 aromatic rings. The van der Waals surface area contributed by atoms with Crippen LogP contribution < -0.4 is 0 Å². The first-order chi connectivity index (χ1) is 9.89. The average molecular weight is 368 g/mol. The Balaban J connectivity index is 6.29. The molecule has 0 aromatic heterocycles. The molecule has 0 spiro atoms. The maximum Gasteiger partial charge on any atom is 0.438 e. The average Bonchev–Trinajstić information content (AvgIpc) is 2.33. The van der Waals surface area contributed by atoms with E-state index in [9.17, 15) is 53.1 Å². The third-order valence-corrected chi connectivity index (χ3v) is 2.51. The van der Waals surface area contributed by atoms with Crippen molar-refractivity contribution in [3.63, 3.8) is 0 Å². The van der Waals surface area contributed by atoms with Crippen molar-refractivity contribution in [1.29, 1.82) is 0 Å². The Hall–Kier alpha value is -1.56. The van der Waals surface area contributed by atoms with Crippen LogP contribution in [0, 0.1) is 0 Å². The summed E-state index contributed by atoms with van der Waals surface area (Å²) in [6.45, 7) is 2.21. The summed E-state index contributed by atoms with van der Waals surface area (Å²) in [5, 5.41) is 0. The smallest absolute Gasteiger partial charge is 0.438 e. The van der Waals surface area contributed by atoms with Crippen LogP contribution in [0.15, 0.2) is 12.2 Å². The molecule has 0 aliphatic heterocycles. The highest BCUT2D eigenvalue weighted by Gasteiger charge is 2.90. The number of hydrogen-bond acceptors (Lipinski definition) is 2. The molecule has 0 aromatic carbocycles. The molecule has 0 heterocycles. The van der Waals surface area contributed by atoms with E-state index in [0.717, 1.165) is 6.92 Å². The number of ether oxygens (including phenoxy) is 1. The lowest BCUT2D eigenvalue weighted by molar-refractivity contribution is -0.421. The molecule has 23 heavy (non-hydrogen) atoms. The molecule has 0 amide bonds. The van der Waals surface area contributed by atoms with Crippen molar-refractivity contribution >= 4 is 5.97 Å². The van der Waals surface area contributed by atoms with Crippen molar-refractivity contribution in [3.05, 3.63) is 12.2 Å². The van der Waals surface area contributed by atoms with E-state index in [1.807, 2.05) is 6.58 Å². The van der Waals surface area contributed by atoms with Gasteiger partial charge in [0.1, 0.15) is 5.57 Å². The SMILES string of the molecule is C=C(C(=O)OCC)C(F)(F)C(F)(F)C(F)(C(F)(F)F)C(F)(F)F. The largest absolute Gasteiger partial charge is 0.462 e. The van der Waals surface area contributed by atoms with Gasteiger partial charge in [0.15, 0.2) is 0 Å². The second-order valence-electron chi connectivity index (χ2n) is 4.00. The van der Waals surface area contributed by atoms with Crippen LogP contribution in [0.4, 0.5) is 48.3 Å². The summed E-state index contributed by atoms with van der Waals surface area (Å²) in [4.78, 5) is 10.8. The Morgan fingerprint density at radius 1 is 0.870 bits per heavy atom. The van der Waals surface area contributed by atoms with Gasteiger partial charge in [0, 0.05) is 0 Å². The van der Waals surface area contributed by atoms with Gasteiger partial charge in [-0.25, -0.2) is 9.18 Å². The third-order valence-electron chi connectivity index (χ3n) is 2.51. The van der Waals surface area contributed by atoms with E-state index in [1.165, 1.54) is 0 Å². The standard InChI is InChI=1S/C10H7F11O2/c1-3-23-5(22)4(2)6(11,12)8(14,15)7(13,9(16,17)18)10(19,20)21/h2-3H2,1H3. The fraction of sp³-hybridized carbons (Fsp3) is 0.700. The number of rotatable bonds is 5. The second-order valence-corrected chi connectivity index (χ2v) is 4.00. The molecule has 0 saturated carbocycles. The van der Waals surface area contributed by atoms with Crippen LogP contribution in [0.5, 0.6) is 0 Å². The van der Waals surface area contributed by atoms with E-state index in [0.29, 0.717) is 0 Å². The Morgan fingerprint density at radius 3 is 1.48 bits per heavy atom. The molecular formula is C10H7F11O2. The lowest BCUT2D eigenvalue weighted by Gasteiger charge is -2.39. The number of hydrogen-bond donors (Lipinski definition) is 0. The molecular weight excluding hydrogens is 361 g/mol. The maximum atomic E-state index is 13.3. The van der Waals surface area contributed by atoms with Gasteiger partial charge in [-0.05, 0) is 6.92 Å². The minimum absolute atomic E-state index is 0.737. The first kappa shape index (κ1) is 21.4. The number of halogens is 11. The van der Waals surface area contributed by atoms with Crippen molar-refractivity contribution in [2.75, 3.05) is 6.61 Å². The third kappa shape index (κ3) is 3.09. The van der Waals surface area contributed by atoms with Crippen LogP contribution in [-0.2, 0) is 9.53 Å². The fourth-order valence-corrected chi connectivity index (χ4v) is 1.27. The van der Waals surface area contributed by atoms with Gasteiger partial charge in [-0.15, -0.1) is 0 Å². The van der Waals surface area contributed by atoms with Gasteiger partial charge in [-0.1, -0.05) is 6.58 Å². The van der Waals surface area contributed by atoms with E-state index in [1.54, 1.807) is 0 Å². The summed E-state index contributed by atoms with van der Waals surface area (Å²) in [6.07, 6.45) is -14.9. The lowest BCUT2D eigenvalue weighted by atomic mass is 9.87. The number of carbonyl (C=O) groups is 1. The van der Waals surface area contributed by atoms with E-state index in [-0.39, 0.29) is 0 Å². The molecule has 0 atom stereocenters. The molecule has 0 unspecified atom stereocenters. The molecule has 0 N–H and O–H groups in total. The van der Waals surface area contributed by atoms with Gasteiger partial charge < -0.3 is 4.74 Å². The van der Waals surface area contributed by atoms with Crippen molar-refractivity contribution < 1.29 is 57.8 Å². The number of carbonyl (C=O) groups excluding carboxylic acids is 1. The van der Waals surface area contributed by atoms with Crippen LogP contribution in [0.2, 0.25) is 0 Å². The highest BCUT2D eigenvalue weighted by Crippen LogP contribution is 2.60. The van der Waals surface area contributed by atoms with Crippen LogP contribution in [-0.4, -0.2) is 42.4 Å². The highest BCUT2D eigenvalue weighted by molar-refractivity contribution is 5.90. The van der Waals surface area contributed by atoms with E-state index < -0.39 is 48.0 Å². The fourth-order valence-electron chi connectivity index (χ4n) is 1.27.